The summed E-state index contributed by atoms with van der Waals surface area (Å²) in [4.78, 5) is 20.1. The molecule has 5 heterocycles. The second kappa shape index (κ2) is 8.76. The summed E-state index contributed by atoms with van der Waals surface area (Å²) in [7, 11) is 1.41. The number of hydrogen-bond donors (Lipinski definition) is 0. The average molecular weight is 458 g/mol. The quantitative estimate of drug-likeness (QED) is 0.549. The predicted octanol–water partition coefficient (Wildman–Crippen LogP) is 3.57. The highest BCUT2D eigenvalue weighted by Crippen LogP contribution is 2.38. The fourth-order valence-electron chi connectivity index (χ4n) is 4.51. The van der Waals surface area contributed by atoms with Crippen LogP contribution in [-0.2, 0) is 14.2 Å². The molecule has 0 aliphatic carbocycles. The van der Waals surface area contributed by atoms with Crippen LogP contribution < -0.4 is 4.90 Å². The molecule has 170 valence electrons. The van der Waals surface area contributed by atoms with Gasteiger partial charge in [-0.3, -0.25) is 0 Å². The van der Waals surface area contributed by atoms with Crippen LogP contribution in [0, 0.1) is 6.92 Å². The molecule has 10 heteroatoms. The standard InChI is InChI=1S/C22H27N5O4S/c1-13-12-30-11-9-26(13)21-14(2)17(22(28)29-3)20-19(24-21)18(25-32-20)15-7-8-23-27(15)16-6-4-5-10-31-16/h7-8,13,16H,4-6,9-12H2,1-3H3. The smallest absolute Gasteiger partial charge is 0.339 e. The van der Waals surface area contributed by atoms with Gasteiger partial charge in [-0.05, 0) is 50.7 Å². The Morgan fingerprint density at radius 3 is 2.94 bits per heavy atom. The lowest BCUT2D eigenvalue weighted by Gasteiger charge is -2.35. The summed E-state index contributed by atoms with van der Waals surface area (Å²) in [5, 5.41) is 4.53. The summed E-state index contributed by atoms with van der Waals surface area (Å²) in [5.41, 5.74) is 3.57. The van der Waals surface area contributed by atoms with Crippen LogP contribution in [-0.4, -0.2) is 64.6 Å². The van der Waals surface area contributed by atoms with Crippen molar-refractivity contribution in [2.75, 3.05) is 38.4 Å². The fraction of sp³-hybridized carbons (Fsp3) is 0.545. The minimum Gasteiger partial charge on any atom is -0.465 e. The van der Waals surface area contributed by atoms with Gasteiger partial charge < -0.3 is 19.1 Å². The van der Waals surface area contributed by atoms with Crippen molar-refractivity contribution in [2.45, 2.75) is 45.4 Å². The number of pyridine rings is 1. The van der Waals surface area contributed by atoms with E-state index >= 15 is 0 Å². The summed E-state index contributed by atoms with van der Waals surface area (Å²) in [6.07, 6.45) is 4.73. The summed E-state index contributed by atoms with van der Waals surface area (Å²) in [6, 6.07) is 2.08. The van der Waals surface area contributed by atoms with E-state index in [0.29, 0.717) is 36.5 Å². The minimum absolute atomic E-state index is 0.116. The molecule has 2 aliphatic rings. The van der Waals surface area contributed by atoms with Crippen molar-refractivity contribution < 1.29 is 19.0 Å². The average Bonchev–Trinajstić information content (AvgIpc) is 3.46. The van der Waals surface area contributed by atoms with Crippen molar-refractivity contribution >= 4 is 33.5 Å². The normalized spacial score (nSPS) is 21.8. The Kier molecular flexibility index (Phi) is 5.83. The summed E-state index contributed by atoms with van der Waals surface area (Å²) in [6.45, 7) is 6.71. The van der Waals surface area contributed by atoms with Gasteiger partial charge >= 0.3 is 5.97 Å². The predicted molar refractivity (Wildman–Crippen MR) is 121 cm³/mol. The molecule has 2 aliphatic heterocycles. The van der Waals surface area contributed by atoms with E-state index in [1.807, 2.05) is 17.7 Å². The molecule has 0 bridgehead atoms. The molecular weight excluding hydrogens is 430 g/mol. The minimum atomic E-state index is -0.378. The van der Waals surface area contributed by atoms with Gasteiger partial charge in [-0.25, -0.2) is 14.5 Å². The first-order chi connectivity index (χ1) is 15.6. The number of methoxy groups -OCH3 is 1. The van der Waals surface area contributed by atoms with Gasteiger partial charge in [0.05, 0.1) is 42.3 Å². The molecule has 9 nitrogen and oxygen atoms in total. The van der Waals surface area contributed by atoms with Crippen LogP contribution in [0.3, 0.4) is 0 Å². The number of anilines is 1. The third-order valence-corrected chi connectivity index (χ3v) is 7.05. The first-order valence-corrected chi connectivity index (χ1v) is 11.8. The van der Waals surface area contributed by atoms with Gasteiger partial charge in [0.25, 0.3) is 0 Å². The molecule has 0 N–H and O–H groups in total. The highest BCUT2D eigenvalue weighted by molar-refractivity contribution is 7.14. The van der Waals surface area contributed by atoms with Gasteiger partial charge in [-0.15, -0.1) is 0 Å². The Hall–Kier alpha value is -2.56. The van der Waals surface area contributed by atoms with Crippen LogP contribution >= 0.6 is 11.5 Å². The van der Waals surface area contributed by atoms with Crippen molar-refractivity contribution in [3.8, 4) is 11.4 Å². The highest BCUT2D eigenvalue weighted by Gasteiger charge is 2.30. The first-order valence-electron chi connectivity index (χ1n) is 11.0. The van der Waals surface area contributed by atoms with E-state index in [1.54, 1.807) is 6.20 Å². The zero-order valence-corrected chi connectivity index (χ0v) is 19.4. The number of hydrogen-bond acceptors (Lipinski definition) is 9. The van der Waals surface area contributed by atoms with Gasteiger partial charge in [0.15, 0.2) is 6.23 Å². The topological polar surface area (TPSA) is 91.6 Å². The molecule has 0 amide bonds. The Labute approximate surface area is 190 Å². The largest absolute Gasteiger partial charge is 0.465 e. The molecule has 5 rings (SSSR count). The van der Waals surface area contributed by atoms with E-state index in [0.717, 1.165) is 47.6 Å². The monoisotopic (exact) mass is 457 g/mol. The van der Waals surface area contributed by atoms with Crippen molar-refractivity contribution in [3.63, 3.8) is 0 Å². The maximum Gasteiger partial charge on any atom is 0.339 e. The van der Waals surface area contributed by atoms with E-state index in [9.17, 15) is 4.79 Å². The van der Waals surface area contributed by atoms with Crippen molar-refractivity contribution in [1.29, 1.82) is 0 Å². The molecule has 0 spiro atoms. The Morgan fingerprint density at radius 1 is 1.31 bits per heavy atom. The summed E-state index contributed by atoms with van der Waals surface area (Å²) in [5.74, 6) is 0.395. The van der Waals surface area contributed by atoms with Crippen molar-refractivity contribution in [3.05, 3.63) is 23.4 Å². The van der Waals surface area contributed by atoms with E-state index in [4.69, 9.17) is 23.6 Å². The van der Waals surface area contributed by atoms with E-state index < -0.39 is 0 Å². The van der Waals surface area contributed by atoms with Crippen LogP contribution in [0.5, 0.6) is 0 Å². The molecule has 0 radical (unpaired) electrons. The Bertz CT molecular complexity index is 1140. The highest BCUT2D eigenvalue weighted by atomic mass is 32.1. The number of morpholine rings is 1. The fourth-order valence-corrected chi connectivity index (χ4v) is 5.43. The molecule has 3 aromatic heterocycles. The molecule has 2 atom stereocenters. The van der Waals surface area contributed by atoms with Gasteiger partial charge in [-0.2, -0.15) is 9.47 Å². The van der Waals surface area contributed by atoms with Gasteiger partial charge in [0, 0.05) is 24.9 Å². The molecule has 0 aromatic carbocycles. The number of fused-ring (bicyclic) bond motifs is 1. The third kappa shape index (κ3) is 3.56. The van der Waals surface area contributed by atoms with Gasteiger partial charge in [0.1, 0.15) is 17.0 Å². The number of esters is 1. The molecule has 3 aromatic rings. The van der Waals surface area contributed by atoms with E-state index in [1.165, 1.54) is 18.6 Å². The number of aromatic nitrogens is 4. The first kappa shape index (κ1) is 21.3. The molecule has 2 saturated heterocycles. The number of rotatable bonds is 4. The third-order valence-electron chi connectivity index (χ3n) is 6.19. The zero-order chi connectivity index (χ0) is 22.2. The van der Waals surface area contributed by atoms with Crippen molar-refractivity contribution in [2.24, 2.45) is 0 Å². The molecule has 2 fully saturated rings. The van der Waals surface area contributed by atoms with Gasteiger partial charge in [0.2, 0.25) is 0 Å². The second-order valence-corrected chi connectivity index (χ2v) is 9.01. The van der Waals surface area contributed by atoms with E-state index in [-0.39, 0.29) is 18.2 Å². The summed E-state index contributed by atoms with van der Waals surface area (Å²) < 4.78 is 24.1. The molecule has 2 unspecified atom stereocenters. The van der Waals surface area contributed by atoms with Crippen LogP contribution in [0.1, 0.15) is 48.3 Å². The zero-order valence-electron chi connectivity index (χ0n) is 18.5. The van der Waals surface area contributed by atoms with Crippen LogP contribution in [0.25, 0.3) is 21.6 Å². The van der Waals surface area contributed by atoms with Crippen LogP contribution in [0.4, 0.5) is 5.82 Å². The Morgan fingerprint density at radius 2 is 2.19 bits per heavy atom. The molecular formula is C22H27N5O4S. The summed E-state index contributed by atoms with van der Waals surface area (Å²) >= 11 is 1.27. The van der Waals surface area contributed by atoms with Crippen LogP contribution in [0.2, 0.25) is 0 Å². The maximum absolute atomic E-state index is 12.8. The van der Waals surface area contributed by atoms with Crippen LogP contribution in [0.15, 0.2) is 12.3 Å². The number of nitrogens with zero attached hydrogens (tertiary/aromatic N) is 5. The maximum atomic E-state index is 12.8. The lowest BCUT2D eigenvalue weighted by Crippen LogP contribution is -2.44. The SMILES string of the molecule is COC(=O)c1c(C)c(N2CCOCC2C)nc2c(-c3ccnn3C3CCCCO3)nsc12. The lowest BCUT2D eigenvalue weighted by atomic mass is 10.1. The lowest BCUT2D eigenvalue weighted by molar-refractivity contribution is -0.0383. The van der Waals surface area contributed by atoms with Crippen molar-refractivity contribution in [1.82, 2.24) is 19.1 Å². The van der Waals surface area contributed by atoms with Gasteiger partial charge in [-0.1, -0.05) is 0 Å². The molecule has 0 saturated carbocycles. The molecule has 32 heavy (non-hydrogen) atoms. The second-order valence-electron chi connectivity index (χ2n) is 8.24. The number of carbonyl (C=O) groups excluding carboxylic acids is 1. The number of carbonyl (C=O) groups is 1. The van der Waals surface area contributed by atoms with E-state index in [2.05, 4.69) is 16.9 Å². The number of ether oxygens (including phenoxy) is 3. The Balaban J connectivity index is 1.69.